The van der Waals surface area contributed by atoms with E-state index in [1.54, 1.807) is 6.20 Å². The van der Waals surface area contributed by atoms with Crippen LogP contribution in [0, 0.1) is 0 Å². The first kappa shape index (κ1) is 14.6. The van der Waals surface area contributed by atoms with E-state index in [1.807, 2.05) is 24.0 Å². The van der Waals surface area contributed by atoms with Gasteiger partial charge in [-0.25, -0.2) is 4.68 Å². The van der Waals surface area contributed by atoms with E-state index in [0.717, 1.165) is 18.2 Å². The fourth-order valence-corrected chi connectivity index (χ4v) is 2.87. The molecule has 0 saturated heterocycles. The molecule has 5 nitrogen and oxygen atoms in total. The van der Waals surface area contributed by atoms with Gasteiger partial charge in [0.05, 0.1) is 5.69 Å². The third kappa shape index (κ3) is 3.67. The van der Waals surface area contributed by atoms with Crippen LogP contribution in [-0.4, -0.2) is 28.8 Å². The number of nitrogens with zero attached hydrogens (tertiary/aromatic N) is 3. The van der Waals surface area contributed by atoms with Crippen LogP contribution < -0.4 is 10.6 Å². The summed E-state index contributed by atoms with van der Waals surface area (Å²) in [6, 6.07) is 10.9. The maximum Gasteiger partial charge on any atom is 0.191 e. The lowest BCUT2D eigenvalue weighted by molar-refractivity contribution is 0.613. The van der Waals surface area contributed by atoms with Crippen LogP contribution in [0.2, 0.25) is 0 Å². The van der Waals surface area contributed by atoms with Crippen molar-refractivity contribution in [2.24, 2.45) is 4.99 Å². The predicted molar refractivity (Wildman–Crippen MR) is 89.2 cm³/mol. The Morgan fingerprint density at radius 2 is 2.18 bits per heavy atom. The molecule has 0 bridgehead atoms. The molecule has 2 aromatic rings. The number of hydrogen-bond donors (Lipinski definition) is 2. The van der Waals surface area contributed by atoms with E-state index in [9.17, 15) is 0 Å². The van der Waals surface area contributed by atoms with Gasteiger partial charge in [0.1, 0.15) is 0 Å². The minimum atomic E-state index is 0.571. The van der Waals surface area contributed by atoms with Crippen LogP contribution in [0.1, 0.15) is 31.2 Å². The molecule has 0 spiro atoms. The molecule has 1 saturated carbocycles. The maximum absolute atomic E-state index is 4.32. The monoisotopic (exact) mass is 297 g/mol. The molecule has 0 aliphatic heterocycles. The third-order valence-electron chi connectivity index (χ3n) is 4.06. The highest BCUT2D eigenvalue weighted by atomic mass is 15.3. The average molecular weight is 297 g/mol. The Labute approximate surface area is 131 Å². The lowest BCUT2D eigenvalue weighted by Gasteiger charge is -2.17. The smallest absolute Gasteiger partial charge is 0.191 e. The second-order valence-electron chi connectivity index (χ2n) is 5.67. The van der Waals surface area contributed by atoms with Crippen LogP contribution in [0.5, 0.6) is 0 Å². The lowest BCUT2D eigenvalue weighted by atomic mass is 10.2. The Morgan fingerprint density at radius 1 is 1.32 bits per heavy atom. The van der Waals surface area contributed by atoms with Gasteiger partial charge in [0.25, 0.3) is 0 Å². The van der Waals surface area contributed by atoms with Crippen LogP contribution >= 0.6 is 0 Å². The Kier molecular flexibility index (Phi) is 4.73. The van der Waals surface area contributed by atoms with E-state index in [-0.39, 0.29) is 0 Å². The first-order valence-electron chi connectivity index (χ1n) is 7.91. The molecule has 1 aromatic heterocycles. The van der Waals surface area contributed by atoms with Gasteiger partial charge in [-0.2, -0.15) is 5.10 Å². The standard InChI is InChI=1S/C17H23N5/c1-18-17(21-15-7-2-3-8-15)19-13-14-6-4-9-16(12-14)22-11-5-10-20-22/h4-6,9-12,15H,2-3,7-8,13H2,1H3,(H2,18,19,21). The number of aliphatic imine (C=N–C) groups is 1. The molecule has 0 atom stereocenters. The van der Waals surface area contributed by atoms with Crippen molar-refractivity contribution in [2.45, 2.75) is 38.3 Å². The number of aromatic nitrogens is 2. The minimum absolute atomic E-state index is 0.571. The van der Waals surface area contributed by atoms with Gasteiger partial charge >= 0.3 is 0 Å². The summed E-state index contributed by atoms with van der Waals surface area (Å²) in [4.78, 5) is 4.32. The van der Waals surface area contributed by atoms with Gasteiger partial charge in [-0.1, -0.05) is 25.0 Å². The van der Waals surface area contributed by atoms with Gasteiger partial charge in [0, 0.05) is 32.0 Å². The molecule has 0 amide bonds. The van der Waals surface area contributed by atoms with Crippen molar-refractivity contribution in [3.05, 3.63) is 48.3 Å². The van der Waals surface area contributed by atoms with E-state index >= 15 is 0 Å². The highest BCUT2D eigenvalue weighted by Crippen LogP contribution is 2.17. The average Bonchev–Trinajstić information content (AvgIpc) is 3.25. The number of benzene rings is 1. The summed E-state index contributed by atoms with van der Waals surface area (Å²) in [5.74, 6) is 0.886. The van der Waals surface area contributed by atoms with Crippen LogP contribution in [0.4, 0.5) is 0 Å². The zero-order chi connectivity index (χ0) is 15.2. The largest absolute Gasteiger partial charge is 0.354 e. The quantitative estimate of drug-likeness (QED) is 0.673. The van der Waals surface area contributed by atoms with E-state index in [4.69, 9.17) is 0 Å². The number of guanidine groups is 1. The molecule has 0 unspecified atom stereocenters. The van der Waals surface area contributed by atoms with Crippen molar-refractivity contribution in [1.82, 2.24) is 20.4 Å². The van der Waals surface area contributed by atoms with E-state index in [0.29, 0.717) is 6.04 Å². The molecule has 3 rings (SSSR count). The summed E-state index contributed by atoms with van der Waals surface area (Å²) >= 11 is 0. The van der Waals surface area contributed by atoms with Crippen molar-refractivity contribution >= 4 is 5.96 Å². The van der Waals surface area contributed by atoms with Crippen LogP contribution in [0.3, 0.4) is 0 Å². The van der Waals surface area contributed by atoms with Gasteiger partial charge in [-0.3, -0.25) is 4.99 Å². The zero-order valence-corrected chi connectivity index (χ0v) is 13.0. The van der Waals surface area contributed by atoms with Crippen molar-refractivity contribution in [3.8, 4) is 5.69 Å². The maximum atomic E-state index is 4.32. The van der Waals surface area contributed by atoms with E-state index in [1.165, 1.54) is 31.2 Å². The summed E-state index contributed by atoms with van der Waals surface area (Å²) in [5, 5.41) is 11.2. The topological polar surface area (TPSA) is 54.2 Å². The van der Waals surface area contributed by atoms with E-state index < -0.39 is 0 Å². The first-order chi connectivity index (χ1) is 10.8. The second-order valence-corrected chi connectivity index (χ2v) is 5.67. The molecular formula is C17H23N5. The normalized spacial score (nSPS) is 16.0. The van der Waals surface area contributed by atoms with Crippen molar-refractivity contribution < 1.29 is 0 Å². The Balaban J connectivity index is 1.59. The Morgan fingerprint density at radius 3 is 2.91 bits per heavy atom. The number of rotatable bonds is 4. The third-order valence-corrected chi connectivity index (χ3v) is 4.06. The van der Waals surface area contributed by atoms with Crippen molar-refractivity contribution in [3.63, 3.8) is 0 Å². The molecule has 22 heavy (non-hydrogen) atoms. The van der Waals surface area contributed by atoms with Gasteiger partial charge in [-0.15, -0.1) is 0 Å². The molecule has 1 fully saturated rings. The minimum Gasteiger partial charge on any atom is -0.354 e. The van der Waals surface area contributed by atoms with Crippen LogP contribution in [0.25, 0.3) is 5.69 Å². The van der Waals surface area contributed by atoms with Gasteiger partial charge < -0.3 is 10.6 Å². The van der Waals surface area contributed by atoms with Gasteiger partial charge in [0.15, 0.2) is 5.96 Å². The molecular weight excluding hydrogens is 274 g/mol. The summed E-state index contributed by atoms with van der Waals surface area (Å²) < 4.78 is 1.87. The predicted octanol–water partition coefficient (Wildman–Crippen LogP) is 2.48. The molecule has 2 N–H and O–H groups in total. The van der Waals surface area contributed by atoms with Crippen molar-refractivity contribution in [2.75, 3.05) is 7.05 Å². The van der Waals surface area contributed by atoms with Crippen LogP contribution in [-0.2, 0) is 6.54 Å². The highest BCUT2D eigenvalue weighted by molar-refractivity contribution is 5.80. The Bertz CT molecular complexity index is 612. The summed E-state index contributed by atoms with van der Waals surface area (Å²) in [6.45, 7) is 0.751. The summed E-state index contributed by atoms with van der Waals surface area (Å²) in [7, 11) is 1.82. The molecule has 116 valence electrons. The number of nitrogens with one attached hydrogen (secondary N) is 2. The second kappa shape index (κ2) is 7.11. The van der Waals surface area contributed by atoms with Gasteiger partial charge in [-0.05, 0) is 36.6 Å². The highest BCUT2D eigenvalue weighted by Gasteiger charge is 2.15. The van der Waals surface area contributed by atoms with Crippen LogP contribution in [0.15, 0.2) is 47.7 Å². The van der Waals surface area contributed by atoms with Gasteiger partial charge in [0.2, 0.25) is 0 Å². The molecule has 0 radical (unpaired) electrons. The molecule has 1 aliphatic carbocycles. The summed E-state index contributed by atoms with van der Waals surface area (Å²) in [5.41, 5.74) is 2.28. The lowest BCUT2D eigenvalue weighted by Crippen LogP contribution is -2.41. The molecule has 5 heteroatoms. The summed E-state index contributed by atoms with van der Waals surface area (Å²) in [6.07, 6.45) is 8.87. The molecule has 1 aliphatic rings. The first-order valence-corrected chi connectivity index (χ1v) is 7.91. The zero-order valence-electron chi connectivity index (χ0n) is 13.0. The molecule has 1 aromatic carbocycles. The fraction of sp³-hybridized carbons (Fsp3) is 0.412. The molecule has 1 heterocycles. The van der Waals surface area contributed by atoms with Crippen molar-refractivity contribution in [1.29, 1.82) is 0 Å². The number of hydrogen-bond acceptors (Lipinski definition) is 2. The Hall–Kier alpha value is -2.30. The fourth-order valence-electron chi connectivity index (χ4n) is 2.87. The SMILES string of the molecule is CN=C(NCc1cccc(-n2cccn2)c1)NC1CCCC1. The van der Waals surface area contributed by atoms with E-state index in [2.05, 4.69) is 45.0 Å².